The molecule has 1 aromatic rings. The Labute approximate surface area is 167 Å². The molecule has 1 aliphatic heterocycles. The van der Waals surface area contributed by atoms with E-state index in [1.807, 2.05) is 0 Å². The average molecular weight is 491 g/mol. The lowest BCUT2D eigenvalue weighted by atomic mass is 10.2. The summed E-state index contributed by atoms with van der Waals surface area (Å²) in [7, 11) is 3.02. The first-order chi connectivity index (χ1) is 11.9. The van der Waals surface area contributed by atoms with Crippen LogP contribution in [-0.4, -0.2) is 55.3 Å². The van der Waals surface area contributed by atoms with Crippen molar-refractivity contribution in [1.82, 2.24) is 20.4 Å². The number of nitrogens with one attached hydrogen (secondary N) is 2. The van der Waals surface area contributed by atoms with E-state index < -0.39 is 11.9 Å². The highest BCUT2D eigenvalue weighted by molar-refractivity contribution is 14.0. The molecule has 150 valence electrons. The summed E-state index contributed by atoms with van der Waals surface area (Å²) in [4.78, 5) is 4.00. The molecular weight excluding hydrogens is 466 g/mol. The fourth-order valence-electron chi connectivity index (χ4n) is 2.48. The fraction of sp³-hybridized carbons (Fsp3) is 0.733. The molecule has 11 heteroatoms. The molecule has 1 unspecified atom stereocenters. The molecule has 0 aliphatic carbocycles. The first kappa shape index (κ1) is 23.0. The van der Waals surface area contributed by atoms with Crippen LogP contribution in [-0.2, 0) is 29.2 Å². The Balaban J connectivity index is 0.00000338. The van der Waals surface area contributed by atoms with Crippen LogP contribution >= 0.6 is 24.0 Å². The van der Waals surface area contributed by atoms with Crippen molar-refractivity contribution in [3.8, 4) is 0 Å². The first-order valence-corrected chi connectivity index (χ1v) is 8.13. The van der Waals surface area contributed by atoms with E-state index in [1.54, 1.807) is 7.05 Å². The summed E-state index contributed by atoms with van der Waals surface area (Å²) < 4.78 is 50.8. The number of ether oxygens (including phenoxy) is 2. The number of alkyl halides is 3. The van der Waals surface area contributed by atoms with Crippen molar-refractivity contribution in [3.05, 3.63) is 17.5 Å². The van der Waals surface area contributed by atoms with E-state index >= 15 is 0 Å². The monoisotopic (exact) mass is 491 g/mol. The fourth-order valence-corrected chi connectivity index (χ4v) is 2.48. The third-order valence-corrected chi connectivity index (χ3v) is 3.70. The van der Waals surface area contributed by atoms with Crippen LogP contribution in [0.3, 0.4) is 0 Å². The zero-order chi connectivity index (χ0) is 18.3. The Hall–Kier alpha value is -1.08. The zero-order valence-electron chi connectivity index (χ0n) is 14.8. The van der Waals surface area contributed by atoms with Crippen LogP contribution in [0.1, 0.15) is 24.1 Å². The van der Waals surface area contributed by atoms with Crippen LogP contribution in [0.4, 0.5) is 13.2 Å². The topological polar surface area (TPSA) is 72.7 Å². The Kier molecular flexibility index (Phi) is 9.64. The molecule has 7 nitrogen and oxygen atoms in total. The van der Waals surface area contributed by atoms with Gasteiger partial charge in [-0.15, -0.1) is 24.0 Å². The van der Waals surface area contributed by atoms with Gasteiger partial charge in [0.15, 0.2) is 11.7 Å². The minimum atomic E-state index is -4.48. The standard InChI is InChI=1S/C15H24F3N5O2.HI/c1-19-14(20-5-3-6-25-12-4-7-24-10-12)21-8-11-9-23(2)22-13(11)15(16,17)18;/h9,12H,3-8,10H2,1-2H3,(H2,19,20,21);1H. The molecule has 1 atom stereocenters. The van der Waals surface area contributed by atoms with Crippen molar-refractivity contribution in [2.45, 2.75) is 31.7 Å². The number of halogens is 4. The molecule has 2 heterocycles. The van der Waals surface area contributed by atoms with E-state index in [2.05, 4.69) is 20.7 Å². The molecule has 1 aliphatic rings. The summed E-state index contributed by atoms with van der Waals surface area (Å²) in [6.45, 7) is 2.57. The van der Waals surface area contributed by atoms with Gasteiger partial charge in [0.25, 0.3) is 0 Å². The van der Waals surface area contributed by atoms with E-state index in [-0.39, 0.29) is 42.2 Å². The van der Waals surface area contributed by atoms with Gasteiger partial charge in [0.1, 0.15) is 0 Å². The molecule has 0 spiro atoms. The maximum atomic E-state index is 12.9. The lowest BCUT2D eigenvalue weighted by molar-refractivity contribution is -0.142. The molecular formula is C15H25F3IN5O2. The maximum Gasteiger partial charge on any atom is 0.435 e. The summed E-state index contributed by atoms with van der Waals surface area (Å²) >= 11 is 0. The number of aryl methyl sites for hydroxylation is 1. The van der Waals surface area contributed by atoms with E-state index in [0.29, 0.717) is 25.7 Å². The molecule has 0 radical (unpaired) electrons. The highest BCUT2D eigenvalue weighted by Gasteiger charge is 2.36. The molecule has 1 saturated heterocycles. The Morgan fingerprint density at radius 1 is 1.46 bits per heavy atom. The number of hydrogen-bond acceptors (Lipinski definition) is 4. The third-order valence-electron chi connectivity index (χ3n) is 3.70. The maximum absolute atomic E-state index is 12.9. The Morgan fingerprint density at radius 3 is 2.85 bits per heavy atom. The van der Waals surface area contributed by atoms with Gasteiger partial charge in [-0.25, -0.2) is 0 Å². The van der Waals surface area contributed by atoms with Gasteiger partial charge in [-0.3, -0.25) is 9.67 Å². The minimum Gasteiger partial charge on any atom is -0.379 e. The lowest BCUT2D eigenvalue weighted by Crippen LogP contribution is -2.38. The first-order valence-electron chi connectivity index (χ1n) is 8.13. The van der Waals surface area contributed by atoms with Crippen LogP contribution < -0.4 is 10.6 Å². The van der Waals surface area contributed by atoms with E-state index in [4.69, 9.17) is 9.47 Å². The van der Waals surface area contributed by atoms with Gasteiger partial charge in [-0.2, -0.15) is 18.3 Å². The van der Waals surface area contributed by atoms with Crippen molar-refractivity contribution in [2.75, 3.05) is 33.4 Å². The normalized spacial score (nSPS) is 17.9. The molecule has 0 bridgehead atoms. The highest BCUT2D eigenvalue weighted by atomic mass is 127. The van der Waals surface area contributed by atoms with Gasteiger partial charge in [-0.1, -0.05) is 0 Å². The van der Waals surface area contributed by atoms with Gasteiger partial charge in [0.2, 0.25) is 0 Å². The second-order valence-electron chi connectivity index (χ2n) is 5.74. The number of hydrogen-bond donors (Lipinski definition) is 2. The number of rotatable bonds is 7. The quantitative estimate of drug-likeness (QED) is 0.264. The van der Waals surface area contributed by atoms with Crippen LogP contribution in [0.5, 0.6) is 0 Å². The van der Waals surface area contributed by atoms with E-state index in [9.17, 15) is 13.2 Å². The predicted molar refractivity (Wildman–Crippen MR) is 102 cm³/mol. The van der Waals surface area contributed by atoms with E-state index in [1.165, 1.54) is 13.2 Å². The van der Waals surface area contributed by atoms with Gasteiger partial charge in [0.05, 0.1) is 12.7 Å². The Bertz CT molecular complexity index is 574. The SMILES string of the molecule is CN=C(NCCCOC1CCOC1)NCc1cn(C)nc1C(F)(F)F.I. The summed E-state index contributed by atoms with van der Waals surface area (Å²) in [6, 6.07) is 0. The highest BCUT2D eigenvalue weighted by Crippen LogP contribution is 2.30. The van der Waals surface area contributed by atoms with Gasteiger partial charge in [0, 0.05) is 52.2 Å². The molecule has 26 heavy (non-hydrogen) atoms. The third kappa shape index (κ3) is 7.27. The molecule has 2 rings (SSSR count). The summed E-state index contributed by atoms with van der Waals surface area (Å²) in [6.07, 6.45) is -1.28. The van der Waals surface area contributed by atoms with Gasteiger partial charge >= 0.3 is 6.18 Å². The molecule has 0 aromatic carbocycles. The van der Waals surface area contributed by atoms with Crippen LogP contribution in [0.25, 0.3) is 0 Å². The molecule has 1 fully saturated rings. The molecule has 0 saturated carbocycles. The summed E-state index contributed by atoms with van der Waals surface area (Å²) in [5.74, 6) is 0.432. The largest absolute Gasteiger partial charge is 0.435 e. The molecule has 0 amide bonds. The van der Waals surface area contributed by atoms with Crippen LogP contribution in [0.15, 0.2) is 11.2 Å². The second-order valence-corrected chi connectivity index (χ2v) is 5.74. The molecule has 2 N–H and O–H groups in total. The van der Waals surface area contributed by atoms with Crippen molar-refractivity contribution >= 4 is 29.9 Å². The molecule has 1 aromatic heterocycles. The number of aliphatic imine (C=N–C) groups is 1. The predicted octanol–water partition coefficient (Wildman–Crippen LogP) is 1.92. The smallest absolute Gasteiger partial charge is 0.379 e. The van der Waals surface area contributed by atoms with Crippen molar-refractivity contribution in [3.63, 3.8) is 0 Å². The number of guanidine groups is 1. The minimum absolute atomic E-state index is 0. The van der Waals surface area contributed by atoms with Crippen molar-refractivity contribution in [1.29, 1.82) is 0 Å². The van der Waals surface area contributed by atoms with E-state index in [0.717, 1.165) is 24.1 Å². The average Bonchev–Trinajstić information content (AvgIpc) is 3.19. The van der Waals surface area contributed by atoms with Gasteiger partial charge in [-0.05, 0) is 12.8 Å². The second kappa shape index (κ2) is 10.9. The zero-order valence-corrected chi connectivity index (χ0v) is 17.1. The summed E-state index contributed by atoms with van der Waals surface area (Å²) in [5.41, 5.74) is -0.812. The van der Waals surface area contributed by atoms with Crippen molar-refractivity contribution < 1.29 is 22.6 Å². The van der Waals surface area contributed by atoms with Crippen molar-refractivity contribution in [2.24, 2.45) is 12.0 Å². The number of aromatic nitrogens is 2. The summed E-state index contributed by atoms with van der Waals surface area (Å²) in [5, 5.41) is 9.39. The van der Waals surface area contributed by atoms with Gasteiger partial charge < -0.3 is 20.1 Å². The number of nitrogens with zero attached hydrogens (tertiary/aromatic N) is 3. The lowest BCUT2D eigenvalue weighted by Gasteiger charge is -2.13. The van der Waals surface area contributed by atoms with Crippen LogP contribution in [0, 0.1) is 0 Å². The van der Waals surface area contributed by atoms with Crippen LogP contribution in [0.2, 0.25) is 0 Å². The Morgan fingerprint density at radius 2 is 2.23 bits per heavy atom.